The molecule has 4 aromatic rings. The second-order valence-corrected chi connectivity index (χ2v) is 9.52. The maximum absolute atomic E-state index is 12.8. The quantitative estimate of drug-likeness (QED) is 0.320. The maximum atomic E-state index is 12.8. The average molecular weight is 470 g/mol. The van der Waals surface area contributed by atoms with Crippen LogP contribution >= 0.6 is 23.1 Å². The van der Waals surface area contributed by atoms with Gasteiger partial charge in [0.1, 0.15) is 0 Å². The second-order valence-electron chi connectivity index (χ2n) is 7.35. The Morgan fingerprint density at radius 3 is 2.84 bits per heavy atom. The molecule has 166 valence electrons. The lowest BCUT2D eigenvalue weighted by Crippen LogP contribution is -2.22. The van der Waals surface area contributed by atoms with Gasteiger partial charge in [0, 0.05) is 10.8 Å². The van der Waals surface area contributed by atoms with Gasteiger partial charge in [0.05, 0.1) is 29.5 Å². The van der Waals surface area contributed by atoms with Crippen molar-refractivity contribution in [3.05, 3.63) is 46.5 Å². The monoisotopic (exact) mass is 469 g/mol. The van der Waals surface area contributed by atoms with Crippen molar-refractivity contribution in [2.24, 2.45) is 0 Å². The molecule has 3 aromatic heterocycles. The molecule has 1 aromatic carbocycles. The molecule has 8 nitrogen and oxygen atoms in total. The zero-order valence-electron chi connectivity index (χ0n) is 18.2. The first-order valence-corrected chi connectivity index (χ1v) is 11.9. The van der Waals surface area contributed by atoms with Crippen LogP contribution in [0, 0.1) is 13.8 Å². The molecule has 4 rings (SSSR count). The number of thioether (sulfide) groups is 1. The highest BCUT2D eigenvalue weighted by molar-refractivity contribution is 8.00. The minimum Gasteiger partial charge on any atom is -0.466 e. The molecule has 0 fully saturated rings. The number of thiazole rings is 1. The third-order valence-corrected chi connectivity index (χ3v) is 6.80. The van der Waals surface area contributed by atoms with Crippen molar-refractivity contribution < 1.29 is 14.3 Å². The summed E-state index contributed by atoms with van der Waals surface area (Å²) in [6.07, 6.45) is 0.0854. The number of carbonyl (C=O) groups excluding carboxylic acids is 2. The molecule has 10 heteroatoms. The standard InChI is InChI=1S/C22H23N5O3S2/c1-5-30-18(28)10-15-11-31-21(23-15)24-20(29)14(4)32-22-26-25-17-9-13(3)16-8-6-7-12(2)19(16)27(17)22/h6-9,11,14H,5,10H2,1-4H3,(H,23,24,29). The molecule has 0 aliphatic heterocycles. The molecule has 0 bridgehead atoms. The van der Waals surface area contributed by atoms with Crippen LogP contribution in [0.5, 0.6) is 0 Å². The van der Waals surface area contributed by atoms with Crippen molar-refractivity contribution >= 4 is 56.7 Å². The minimum atomic E-state index is -0.430. The number of hydrogen-bond donors (Lipinski definition) is 1. The molecule has 0 spiro atoms. The number of fused-ring (bicyclic) bond motifs is 3. The van der Waals surface area contributed by atoms with Crippen LogP contribution in [0.25, 0.3) is 16.6 Å². The zero-order chi connectivity index (χ0) is 22.8. The number of nitrogens with zero attached hydrogens (tertiary/aromatic N) is 4. The van der Waals surface area contributed by atoms with Crippen LogP contribution in [0.4, 0.5) is 5.13 Å². The van der Waals surface area contributed by atoms with Crippen molar-refractivity contribution in [2.75, 3.05) is 11.9 Å². The van der Waals surface area contributed by atoms with Crippen LogP contribution in [0.1, 0.15) is 30.7 Å². The topological polar surface area (TPSA) is 98.5 Å². The third-order valence-electron chi connectivity index (χ3n) is 4.95. The summed E-state index contributed by atoms with van der Waals surface area (Å²) in [4.78, 5) is 28.7. The molecule has 1 unspecified atom stereocenters. The molecule has 32 heavy (non-hydrogen) atoms. The third kappa shape index (κ3) is 4.46. The fraction of sp³-hybridized carbons (Fsp3) is 0.318. The zero-order valence-corrected chi connectivity index (χ0v) is 19.8. The number of anilines is 1. The number of amides is 1. The number of nitrogens with one attached hydrogen (secondary N) is 1. The molecule has 0 aliphatic rings. The number of pyridine rings is 1. The van der Waals surface area contributed by atoms with Crippen molar-refractivity contribution in [3.63, 3.8) is 0 Å². The van der Waals surface area contributed by atoms with E-state index in [1.165, 1.54) is 23.1 Å². The lowest BCUT2D eigenvalue weighted by Gasteiger charge is -2.12. The molecular weight excluding hydrogens is 446 g/mol. The van der Waals surface area contributed by atoms with E-state index in [0.717, 1.165) is 27.7 Å². The molecule has 1 N–H and O–H groups in total. The Labute approximate surface area is 193 Å². The first-order chi connectivity index (χ1) is 15.4. The van der Waals surface area contributed by atoms with Gasteiger partial charge < -0.3 is 10.1 Å². The van der Waals surface area contributed by atoms with Crippen molar-refractivity contribution in [3.8, 4) is 0 Å². The predicted molar refractivity (Wildman–Crippen MR) is 126 cm³/mol. The van der Waals surface area contributed by atoms with E-state index in [9.17, 15) is 9.59 Å². The van der Waals surface area contributed by atoms with E-state index in [1.54, 1.807) is 12.3 Å². The van der Waals surface area contributed by atoms with E-state index in [4.69, 9.17) is 4.74 Å². The summed E-state index contributed by atoms with van der Waals surface area (Å²) in [5, 5.41) is 15.0. The molecule has 1 amide bonds. The molecule has 0 saturated carbocycles. The van der Waals surface area contributed by atoms with E-state index < -0.39 is 5.25 Å². The Balaban J connectivity index is 1.52. The fourth-order valence-electron chi connectivity index (χ4n) is 3.43. The van der Waals surface area contributed by atoms with Gasteiger partial charge in [-0.3, -0.25) is 14.0 Å². The number of ether oxygens (including phenoxy) is 1. The normalized spacial score (nSPS) is 12.2. The van der Waals surface area contributed by atoms with E-state index in [0.29, 0.717) is 22.6 Å². The van der Waals surface area contributed by atoms with Crippen LogP contribution in [0.15, 0.2) is 34.8 Å². The number of carbonyl (C=O) groups is 2. The van der Waals surface area contributed by atoms with Gasteiger partial charge in [-0.15, -0.1) is 21.5 Å². The van der Waals surface area contributed by atoms with Crippen molar-refractivity contribution in [2.45, 2.75) is 44.5 Å². The Kier molecular flexibility index (Phi) is 6.43. The number of para-hydroxylation sites is 1. The lowest BCUT2D eigenvalue weighted by atomic mass is 10.1. The maximum Gasteiger partial charge on any atom is 0.311 e. The molecule has 1 atom stereocenters. The van der Waals surface area contributed by atoms with E-state index >= 15 is 0 Å². The summed E-state index contributed by atoms with van der Waals surface area (Å²) in [5.41, 5.74) is 4.62. The van der Waals surface area contributed by atoms with Crippen molar-refractivity contribution in [1.29, 1.82) is 0 Å². The number of benzene rings is 1. The van der Waals surface area contributed by atoms with Crippen LogP contribution in [0.2, 0.25) is 0 Å². The summed E-state index contributed by atoms with van der Waals surface area (Å²) >= 11 is 2.62. The van der Waals surface area contributed by atoms with Crippen LogP contribution in [0.3, 0.4) is 0 Å². The molecular formula is C22H23N5O3S2. The molecule has 0 aliphatic carbocycles. The molecule has 0 saturated heterocycles. The smallest absolute Gasteiger partial charge is 0.311 e. The predicted octanol–water partition coefficient (Wildman–Crippen LogP) is 4.18. The largest absolute Gasteiger partial charge is 0.466 e. The Hall–Kier alpha value is -2.98. The average Bonchev–Trinajstić information content (AvgIpc) is 3.35. The van der Waals surface area contributed by atoms with Gasteiger partial charge in [0.2, 0.25) is 5.91 Å². The van der Waals surface area contributed by atoms with Gasteiger partial charge in [0.25, 0.3) is 0 Å². The van der Waals surface area contributed by atoms with Crippen molar-refractivity contribution in [1.82, 2.24) is 19.6 Å². The number of aryl methyl sites for hydroxylation is 2. The van der Waals surface area contributed by atoms with E-state index in [2.05, 4.69) is 46.5 Å². The highest BCUT2D eigenvalue weighted by atomic mass is 32.2. The molecule has 3 heterocycles. The van der Waals surface area contributed by atoms with Gasteiger partial charge in [-0.1, -0.05) is 30.0 Å². The van der Waals surface area contributed by atoms with E-state index in [1.807, 2.05) is 23.5 Å². The summed E-state index contributed by atoms with van der Waals surface area (Å²) in [5.74, 6) is -0.534. The number of aromatic nitrogens is 4. The summed E-state index contributed by atoms with van der Waals surface area (Å²) in [7, 11) is 0. The summed E-state index contributed by atoms with van der Waals surface area (Å²) in [6.45, 7) is 8.02. The SMILES string of the molecule is CCOC(=O)Cc1csc(NC(=O)C(C)Sc2nnc3cc(C)c4cccc(C)c4n23)n1. The second kappa shape index (κ2) is 9.25. The van der Waals surface area contributed by atoms with Crippen LogP contribution < -0.4 is 5.32 Å². The van der Waals surface area contributed by atoms with Gasteiger partial charge in [-0.05, 0) is 44.9 Å². The minimum absolute atomic E-state index is 0.0854. The van der Waals surface area contributed by atoms with Crippen LogP contribution in [-0.4, -0.2) is 43.3 Å². The Bertz CT molecular complexity index is 1310. The number of esters is 1. The van der Waals surface area contributed by atoms with Gasteiger partial charge in [-0.25, -0.2) is 4.98 Å². The number of rotatable bonds is 7. The van der Waals surface area contributed by atoms with Crippen LogP contribution in [-0.2, 0) is 20.7 Å². The van der Waals surface area contributed by atoms with Gasteiger partial charge >= 0.3 is 5.97 Å². The molecule has 0 radical (unpaired) electrons. The highest BCUT2D eigenvalue weighted by Gasteiger charge is 2.21. The summed E-state index contributed by atoms with van der Waals surface area (Å²) < 4.78 is 6.94. The Morgan fingerprint density at radius 1 is 1.25 bits per heavy atom. The fourth-order valence-corrected chi connectivity index (χ4v) is 5.00. The van der Waals surface area contributed by atoms with Gasteiger partial charge in [0.15, 0.2) is 15.9 Å². The summed E-state index contributed by atoms with van der Waals surface area (Å²) in [6, 6.07) is 8.18. The Morgan fingerprint density at radius 2 is 2.06 bits per heavy atom. The first kappa shape index (κ1) is 22.2. The first-order valence-electron chi connectivity index (χ1n) is 10.2. The number of hydrogen-bond acceptors (Lipinski definition) is 8. The van der Waals surface area contributed by atoms with E-state index in [-0.39, 0.29) is 18.3 Å². The van der Waals surface area contributed by atoms with Gasteiger partial charge in [-0.2, -0.15) is 0 Å². The highest BCUT2D eigenvalue weighted by Crippen LogP contribution is 2.30. The lowest BCUT2D eigenvalue weighted by molar-refractivity contribution is -0.142.